The van der Waals surface area contributed by atoms with E-state index in [0.717, 1.165) is 30.4 Å². The predicted octanol–water partition coefficient (Wildman–Crippen LogP) is 3.16. The standard InChI is InChI=1S/C17H12F3NO2/c18-13-4-1-11(2-5-13)10-21-17(23)8-7-16(22)12-3-6-14(19)15(20)9-12/h1-9H,10H2,(H,21,23)/b8-7+. The van der Waals surface area contributed by atoms with Gasteiger partial charge in [-0.2, -0.15) is 0 Å². The fourth-order valence-electron chi connectivity index (χ4n) is 1.75. The first-order valence-electron chi connectivity index (χ1n) is 6.65. The number of allylic oxidation sites excluding steroid dienone is 1. The highest BCUT2D eigenvalue weighted by Gasteiger charge is 2.07. The first-order chi connectivity index (χ1) is 11.0. The lowest BCUT2D eigenvalue weighted by Gasteiger charge is -2.02. The van der Waals surface area contributed by atoms with Gasteiger partial charge in [-0.3, -0.25) is 9.59 Å². The van der Waals surface area contributed by atoms with Gasteiger partial charge >= 0.3 is 0 Å². The van der Waals surface area contributed by atoms with Gasteiger partial charge in [-0.15, -0.1) is 0 Å². The van der Waals surface area contributed by atoms with Crippen LogP contribution in [-0.4, -0.2) is 11.7 Å². The molecule has 118 valence electrons. The Morgan fingerprint density at radius 3 is 2.26 bits per heavy atom. The van der Waals surface area contributed by atoms with Crippen molar-refractivity contribution >= 4 is 11.7 Å². The van der Waals surface area contributed by atoms with Crippen molar-refractivity contribution in [1.29, 1.82) is 0 Å². The Bertz CT molecular complexity index is 755. The maximum absolute atomic E-state index is 13.0. The van der Waals surface area contributed by atoms with Gasteiger partial charge in [-0.05, 0) is 42.0 Å². The van der Waals surface area contributed by atoms with E-state index in [2.05, 4.69) is 5.32 Å². The van der Waals surface area contributed by atoms with E-state index in [-0.39, 0.29) is 17.9 Å². The fraction of sp³-hybridized carbons (Fsp3) is 0.0588. The Hall–Kier alpha value is -2.89. The van der Waals surface area contributed by atoms with Crippen LogP contribution in [0.2, 0.25) is 0 Å². The molecule has 0 heterocycles. The van der Waals surface area contributed by atoms with Crippen LogP contribution in [0, 0.1) is 17.5 Å². The van der Waals surface area contributed by atoms with Crippen molar-refractivity contribution in [3.63, 3.8) is 0 Å². The van der Waals surface area contributed by atoms with E-state index in [1.54, 1.807) is 0 Å². The Kier molecular flexibility index (Phi) is 5.30. The molecule has 0 spiro atoms. The largest absolute Gasteiger partial charge is 0.348 e. The zero-order chi connectivity index (χ0) is 16.8. The summed E-state index contributed by atoms with van der Waals surface area (Å²) in [6.07, 6.45) is 1.96. The van der Waals surface area contributed by atoms with E-state index in [9.17, 15) is 22.8 Å². The summed E-state index contributed by atoms with van der Waals surface area (Å²) in [5, 5.41) is 2.51. The van der Waals surface area contributed by atoms with E-state index >= 15 is 0 Å². The minimum Gasteiger partial charge on any atom is -0.348 e. The van der Waals surface area contributed by atoms with Crippen LogP contribution >= 0.6 is 0 Å². The van der Waals surface area contributed by atoms with Crippen LogP contribution in [0.15, 0.2) is 54.6 Å². The van der Waals surface area contributed by atoms with Crippen molar-refractivity contribution in [3.05, 3.63) is 83.2 Å². The smallest absolute Gasteiger partial charge is 0.244 e. The molecule has 0 radical (unpaired) electrons. The minimum absolute atomic E-state index is 0.0634. The van der Waals surface area contributed by atoms with Gasteiger partial charge in [0.2, 0.25) is 5.91 Å². The molecule has 1 amide bonds. The highest BCUT2D eigenvalue weighted by Crippen LogP contribution is 2.09. The molecule has 2 aromatic rings. The second-order valence-corrected chi connectivity index (χ2v) is 4.67. The summed E-state index contributed by atoms with van der Waals surface area (Å²) in [5.41, 5.74) is 0.631. The van der Waals surface area contributed by atoms with Crippen LogP contribution in [0.3, 0.4) is 0 Å². The van der Waals surface area contributed by atoms with Crippen molar-refractivity contribution in [2.45, 2.75) is 6.54 Å². The number of nitrogens with one attached hydrogen (secondary N) is 1. The van der Waals surface area contributed by atoms with Gasteiger partial charge in [-0.1, -0.05) is 12.1 Å². The molecule has 0 unspecified atom stereocenters. The normalized spacial score (nSPS) is 10.7. The van der Waals surface area contributed by atoms with Gasteiger partial charge in [0.1, 0.15) is 5.82 Å². The number of halogens is 3. The number of amides is 1. The quantitative estimate of drug-likeness (QED) is 0.680. The third-order valence-electron chi connectivity index (χ3n) is 2.97. The highest BCUT2D eigenvalue weighted by atomic mass is 19.2. The number of rotatable bonds is 5. The Morgan fingerprint density at radius 2 is 1.61 bits per heavy atom. The number of hydrogen-bond acceptors (Lipinski definition) is 2. The van der Waals surface area contributed by atoms with Crippen LogP contribution in [0.25, 0.3) is 0 Å². The maximum atomic E-state index is 13.0. The van der Waals surface area contributed by atoms with Gasteiger partial charge in [0, 0.05) is 18.2 Å². The monoisotopic (exact) mass is 319 g/mol. The van der Waals surface area contributed by atoms with Gasteiger partial charge in [0.05, 0.1) is 0 Å². The van der Waals surface area contributed by atoms with E-state index in [1.165, 1.54) is 24.3 Å². The van der Waals surface area contributed by atoms with Crippen LogP contribution in [0.1, 0.15) is 15.9 Å². The molecule has 0 bridgehead atoms. The summed E-state index contributed by atoms with van der Waals surface area (Å²) >= 11 is 0. The molecule has 0 saturated carbocycles. The average molecular weight is 319 g/mol. The first kappa shape index (κ1) is 16.5. The lowest BCUT2D eigenvalue weighted by molar-refractivity contribution is -0.116. The maximum Gasteiger partial charge on any atom is 0.244 e. The van der Waals surface area contributed by atoms with Crippen molar-refractivity contribution in [2.75, 3.05) is 0 Å². The summed E-state index contributed by atoms with van der Waals surface area (Å²) in [5.74, 6) is -3.73. The summed E-state index contributed by atoms with van der Waals surface area (Å²) in [4.78, 5) is 23.3. The molecule has 0 saturated heterocycles. The van der Waals surface area contributed by atoms with E-state index in [0.29, 0.717) is 5.56 Å². The van der Waals surface area contributed by atoms with Gasteiger partial charge < -0.3 is 5.32 Å². The van der Waals surface area contributed by atoms with Crippen LogP contribution < -0.4 is 5.32 Å². The molecule has 0 aliphatic carbocycles. The molecule has 6 heteroatoms. The Labute approximate surface area is 130 Å². The summed E-state index contributed by atoms with van der Waals surface area (Å²) in [7, 11) is 0. The molecule has 2 rings (SSSR count). The number of carbonyl (C=O) groups is 2. The van der Waals surface area contributed by atoms with Crippen LogP contribution in [0.4, 0.5) is 13.2 Å². The molecule has 3 nitrogen and oxygen atoms in total. The number of carbonyl (C=O) groups excluding carboxylic acids is 2. The summed E-state index contributed by atoms with van der Waals surface area (Å²) in [6, 6.07) is 8.30. The molecule has 0 aromatic heterocycles. The van der Waals surface area contributed by atoms with Crippen molar-refractivity contribution in [3.8, 4) is 0 Å². The summed E-state index contributed by atoms with van der Waals surface area (Å²) < 4.78 is 38.5. The number of hydrogen-bond donors (Lipinski definition) is 1. The lowest BCUT2D eigenvalue weighted by atomic mass is 10.1. The zero-order valence-electron chi connectivity index (χ0n) is 11.9. The van der Waals surface area contributed by atoms with Crippen LogP contribution in [-0.2, 0) is 11.3 Å². The van der Waals surface area contributed by atoms with E-state index < -0.39 is 23.3 Å². The SMILES string of the molecule is O=C(/C=C/C(=O)c1ccc(F)c(F)c1)NCc1ccc(F)cc1. The molecule has 0 fully saturated rings. The van der Waals surface area contributed by atoms with Crippen molar-refractivity contribution in [1.82, 2.24) is 5.32 Å². The second-order valence-electron chi connectivity index (χ2n) is 4.67. The van der Waals surface area contributed by atoms with Gasteiger partial charge in [0.15, 0.2) is 17.4 Å². The number of benzene rings is 2. The van der Waals surface area contributed by atoms with Gasteiger partial charge in [-0.25, -0.2) is 13.2 Å². The predicted molar refractivity (Wildman–Crippen MR) is 78.1 cm³/mol. The Balaban J connectivity index is 1.91. The first-order valence-corrected chi connectivity index (χ1v) is 6.65. The molecule has 2 aromatic carbocycles. The molecular weight excluding hydrogens is 307 g/mol. The summed E-state index contributed by atoms with van der Waals surface area (Å²) in [6.45, 7) is 0.169. The molecular formula is C17H12F3NO2. The van der Waals surface area contributed by atoms with Gasteiger partial charge in [0.25, 0.3) is 0 Å². The highest BCUT2D eigenvalue weighted by molar-refractivity contribution is 6.07. The number of ketones is 1. The molecule has 0 aliphatic rings. The molecule has 0 atom stereocenters. The zero-order valence-corrected chi connectivity index (χ0v) is 11.9. The van der Waals surface area contributed by atoms with Crippen LogP contribution in [0.5, 0.6) is 0 Å². The fourth-order valence-corrected chi connectivity index (χ4v) is 1.75. The van der Waals surface area contributed by atoms with E-state index in [1.807, 2.05) is 0 Å². The third-order valence-corrected chi connectivity index (χ3v) is 2.97. The second kappa shape index (κ2) is 7.40. The Morgan fingerprint density at radius 1 is 0.913 bits per heavy atom. The molecule has 1 N–H and O–H groups in total. The topological polar surface area (TPSA) is 46.2 Å². The third kappa shape index (κ3) is 4.81. The van der Waals surface area contributed by atoms with E-state index in [4.69, 9.17) is 0 Å². The average Bonchev–Trinajstić information content (AvgIpc) is 2.54. The minimum atomic E-state index is -1.13. The lowest BCUT2D eigenvalue weighted by Crippen LogP contribution is -2.20. The van der Waals surface area contributed by atoms with Crippen molar-refractivity contribution < 1.29 is 22.8 Å². The molecule has 23 heavy (non-hydrogen) atoms. The molecule has 0 aliphatic heterocycles. The van der Waals surface area contributed by atoms with Crippen molar-refractivity contribution in [2.24, 2.45) is 0 Å².